The number of carbonyl (C=O) groups excluding carboxylic acids is 1. The Balaban J connectivity index is 1.99. The number of benzene rings is 1. The van der Waals surface area contributed by atoms with Crippen molar-refractivity contribution in [3.63, 3.8) is 0 Å². The molecule has 0 aromatic heterocycles. The number of ether oxygens (including phenoxy) is 1. The minimum absolute atomic E-state index is 0.0804. The third kappa shape index (κ3) is 3.17. The van der Waals surface area contributed by atoms with Gasteiger partial charge in [0.05, 0.1) is 13.0 Å². The Morgan fingerprint density at radius 1 is 1.58 bits per heavy atom. The molecule has 1 heterocycles. The average Bonchev–Trinajstić information content (AvgIpc) is 2.92. The predicted molar refractivity (Wildman–Crippen MR) is 72.1 cm³/mol. The van der Waals surface area contributed by atoms with Crippen molar-refractivity contribution in [2.45, 2.75) is 13.0 Å². The molecule has 1 aromatic carbocycles. The van der Waals surface area contributed by atoms with Crippen LogP contribution < -0.4 is 10.1 Å². The first kappa shape index (κ1) is 13.7. The highest BCUT2D eigenvalue weighted by Crippen LogP contribution is 2.26. The summed E-state index contributed by atoms with van der Waals surface area (Å²) in [5.74, 6) is 0.776. The second kappa shape index (κ2) is 5.93. The Bertz CT molecular complexity index is 456. The van der Waals surface area contributed by atoms with Crippen molar-refractivity contribution in [2.75, 3.05) is 27.2 Å². The molecule has 5 nitrogen and oxygen atoms in total. The standard InChI is InChI=1S/C14H20N2O3/c1-16(14(18)11-5-6-15-8-11)9-10-3-4-13(19-2)12(17)7-10/h3-4,7,11,15,17H,5-6,8-9H2,1-2H3. The molecule has 1 amide bonds. The van der Waals surface area contributed by atoms with Crippen LogP contribution in [0.4, 0.5) is 0 Å². The van der Waals surface area contributed by atoms with E-state index in [-0.39, 0.29) is 17.6 Å². The highest BCUT2D eigenvalue weighted by Gasteiger charge is 2.25. The van der Waals surface area contributed by atoms with E-state index in [1.807, 2.05) is 6.07 Å². The van der Waals surface area contributed by atoms with Gasteiger partial charge < -0.3 is 20.1 Å². The van der Waals surface area contributed by atoms with Gasteiger partial charge >= 0.3 is 0 Å². The van der Waals surface area contributed by atoms with Crippen LogP contribution in [-0.4, -0.2) is 43.2 Å². The number of carbonyl (C=O) groups is 1. The van der Waals surface area contributed by atoms with Crippen LogP contribution in [0.3, 0.4) is 0 Å². The first-order valence-corrected chi connectivity index (χ1v) is 6.43. The molecule has 1 atom stereocenters. The number of phenolic OH excluding ortho intramolecular Hbond substituents is 1. The largest absolute Gasteiger partial charge is 0.504 e. The fourth-order valence-electron chi connectivity index (χ4n) is 2.36. The number of nitrogens with zero attached hydrogens (tertiary/aromatic N) is 1. The second-order valence-electron chi connectivity index (χ2n) is 4.89. The van der Waals surface area contributed by atoms with E-state index in [0.717, 1.165) is 25.1 Å². The van der Waals surface area contributed by atoms with Gasteiger partial charge in [0.2, 0.25) is 5.91 Å². The zero-order valence-electron chi connectivity index (χ0n) is 11.3. The van der Waals surface area contributed by atoms with Crippen LogP contribution in [0.5, 0.6) is 11.5 Å². The maximum atomic E-state index is 12.2. The second-order valence-corrected chi connectivity index (χ2v) is 4.89. The molecule has 2 N–H and O–H groups in total. The Hall–Kier alpha value is -1.75. The maximum absolute atomic E-state index is 12.2. The first-order chi connectivity index (χ1) is 9.11. The molecule has 1 aliphatic rings. The normalized spacial score (nSPS) is 18.3. The monoisotopic (exact) mass is 264 g/mol. The van der Waals surface area contributed by atoms with Crippen molar-refractivity contribution in [3.8, 4) is 11.5 Å². The number of hydrogen-bond donors (Lipinski definition) is 2. The summed E-state index contributed by atoms with van der Waals surface area (Å²) in [5, 5.41) is 12.9. The topological polar surface area (TPSA) is 61.8 Å². The molecule has 1 aliphatic heterocycles. The molecule has 0 saturated carbocycles. The number of hydrogen-bond acceptors (Lipinski definition) is 4. The van der Waals surface area contributed by atoms with E-state index < -0.39 is 0 Å². The molecule has 0 spiro atoms. The number of nitrogens with one attached hydrogen (secondary N) is 1. The molecule has 0 bridgehead atoms. The number of aromatic hydroxyl groups is 1. The molecule has 104 valence electrons. The molecule has 0 aliphatic carbocycles. The van der Waals surface area contributed by atoms with E-state index >= 15 is 0 Å². The molecule has 1 saturated heterocycles. The Kier molecular flexibility index (Phi) is 4.27. The third-order valence-electron chi connectivity index (χ3n) is 3.45. The fraction of sp³-hybridized carbons (Fsp3) is 0.500. The molecule has 1 aromatic rings. The lowest BCUT2D eigenvalue weighted by molar-refractivity contribution is -0.134. The fourth-order valence-corrected chi connectivity index (χ4v) is 2.36. The first-order valence-electron chi connectivity index (χ1n) is 6.43. The van der Waals surface area contributed by atoms with E-state index in [9.17, 15) is 9.90 Å². The van der Waals surface area contributed by atoms with E-state index in [1.165, 1.54) is 7.11 Å². The minimum atomic E-state index is 0.0804. The van der Waals surface area contributed by atoms with Crippen LogP contribution in [0.15, 0.2) is 18.2 Å². The third-order valence-corrected chi connectivity index (χ3v) is 3.45. The molecule has 0 radical (unpaired) electrons. The summed E-state index contributed by atoms with van der Waals surface area (Å²) in [6, 6.07) is 5.20. The molecule has 19 heavy (non-hydrogen) atoms. The number of rotatable bonds is 4. The van der Waals surface area contributed by atoms with Gasteiger partial charge in [0.25, 0.3) is 0 Å². The molecule has 1 fully saturated rings. The number of phenols is 1. The van der Waals surface area contributed by atoms with Gasteiger partial charge in [0.15, 0.2) is 11.5 Å². The number of methoxy groups -OCH3 is 1. The summed E-state index contributed by atoms with van der Waals surface area (Å²) in [5.41, 5.74) is 0.889. The summed E-state index contributed by atoms with van der Waals surface area (Å²) in [6.07, 6.45) is 0.900. The van der Waals surface area contributed by atoms with Gasteiger partial charge in [-0.25, -0.2) is 0 Å². The van der Waals surface area contributed by atoms with Crippen LogP contribution in [0.1, 0.15) is 12.0 Å². The lowest BCUT2D eigenvalue weighted by atomic mass is 10.1. The van der Waals surface area contributed by atoms with E-state index in [4.69, 9.17) is 4.74 Å². The van der Waals surface area contributed by atoms with Crippen LogP contribution in [0.25, 0.3) is 0 Å². The van der Waals surface area contributed by atoms with Gasteiger partial charge in [-0.3, -0.25) is 4.79 Å². The van der Waals surface area contributed by atoms with E-state index in [1.54, 1.807) is 24.1 Å². The van der Waals surface area contributed by atoms with Crippen molar-refractivity contribution < 1.29 is 14.6 Å². The van der Waals surface area contributed by atoms with Crippen molar-refractivity contribution in [3.05, 3.63) is 23.8 Å². The molecule has 2 rings (SSSR count). The average molecular weight is 264 g/mol. The van der Waals surface area contributed by atoms with Crippen LogP contribution in [-0.2, 0) is 11.3 Å². The minimum Gasteiger partial charge on any atom is -0.504 e. The summed E-state index contributed by atoms with van der Waals surface area (Å²) >= 11 is 0. The van der Waals surface area contributed by atoms with Gasteiger partial charge in [0, 0.05) is 20.1 Å². The Labute approximate surface area is 113 Å². The van der Waals surface area contributed by atoms with Gasteiger partial charge in [-0.15, -0.1) is 0 Å². The summed E-state index contributed by atoms with van der Waals surface area (Å²) in [7, 11) is 3.30. The maximum Gasteiger partial charge on any atom is 0.227 e. The quantitative estimate of drug-likeness (QED) is 0.850. The van der Waals surface area contributed by atoms with Crippen molar-refractivity contribution in [2.24, 2.45) is 5.92 Å². The lowest BCUT2D eigenvalue weighted by Crippen LogP contribution is -2.33. The van der Waals surface area contributed by atoms with Gasteiger partial charge in [0.1, 0.15) is 0 Å². The van der Waals surface area contributed by atoms with Gasteiger partial charge in [-0.05, 0) is 30.7 Å². The van der Waals surface area contributed by atoms with Crippen LogP contribution in [0, 0.1) is 5.92 Å². The predicted octanol–water partition coefficient (Wildman–Crippen LogP) is 0.969. The van der Waals surface area contributed by atoms with Crippen LogP contribution in [0.2, 0.25) is 0 Å². The zero-order valence-corrected chi connectivity index (χ0v) is 11.3. The van der Waals surface area contributed by atoms with E-state index in [2.05, 4.69) is 5.32 Å². The molecular formula is C14H20N2O3. The Morgan fingerprint density at radius 2 is 2.37 bits per heavy atom. The molecule has 1 unspecified atom stereocenters. The van der Waals surface area contributed by atoms with Crippen molar-refractivity contribution >= 4 is 5.91 Å². The smallest absolute Gasteiger partial charge is 0.227 e. The Morgan fingerprint density at radius 3 is 2.95 bits per heavy atom. The molecular weight excluding hydrogens is 244 g/mol. The zero-order chi connectivity index (χ0) is 13.8. The molecule has 5 heteroatoms. The van der Waals surface area contributed by atoms with Crippen molar-refractivity contribution in [1.29, 1.82) is 0 Å². The highest BCUT2D eigenvalue weighted by atomic mass is 16.5. The van der Waals surface area contributed by atoms with E-state index in [0.29, 0.717) is 12.3 Å². The summed E-state index contributed by atoms with van der Waals surface area (Å²) in [6.45, 7) is 2.16. The summed E-state index contributed by atoms with van der Waals surface area (Å²) in [4.78, 5) is 13.9. The number of amides is 1. The summed E-state index contributed by atoms with van der Waals surface area (Å²) < 4.78 is 4.99. The SMILES string of the molecule is COc1ccc(CN(C)C(=O)C2CCNC2)cc1O. The van der Waals surface area contributed by atoms with Gasteiger partial charge in [-0.2, -0.15) is 0 Å². The van der Waals surface area contributed by atoms with Gasteiger partial charge in [-0.1, -0.05) is 6.07 Å². The van der Waals surface area contributed by atoms with Crippen molar-refractivity contribution in [1.82, 2.24) is 10.2 Å². The van der Waals surface area contributed by atoms with Crippen LogP contribution >= 0.6 is 0 Å². The highest BCUT2D eigenvalue weighted by molar-refractivity contribution is 5.79. The lowest BCUT2D eigenvalue weighted by Gasteiger charge is -2.21.